The van der Waals surface area contributed by atoms with E-state index in [0.29, 0.717) is 0 Å². The molecule has 21 heavy (non-hydrogen) atoms. The Balaban J connectivity index is 1.86. The lowest BCUT2D eigenvalue weighted by Crippen LogP contribution is -2.19. The van der Waals surface area contributed by atoms with Crippen LogP contribution in [0.5, 0.6) is 0 Å². The van der Waals surface area contributed by atoms with Gasteiger partial charge in [-0.15, -0.1) is 0 Å². The summed E-state index contributed by atoms with van der Waals surface area (Å²) in [6.45, 7) is 2.19. The van der Waals surface area contributed by atoms with Crippen molar-refractivity contribution in [1.82, 2.24) is 0 Å². The second-order valence-corrected chi connectivity index (χ2v) is 5.73. The van der Waals surface area contributed by atoms with Crippen LogP contribution in [0.3, 0.4) is 0 Å². The van der Waals surface area contributed by atoms with Crippen LogP contribution in [0.25, 0.3) is 0 Å². The molecule has 1 amide bonds. The molecule has 0 unspecified atom stereocenters. The molecule has 1 heterocycles. The summed E-state index contributed by atoms with van der Waals surface area (Å²) in [5, 5.41) is 3.10. The Morgan fingerprint density at radius 3 is 2.71 bits per heavy atom. The second-order valence-electron chi connectivity index (χ2n) is 5.73. The average Bonchev–Trinajstić information content (AvgIpc) is 2.67. The van der Waals surface area contributed by atoms with Crippen LogP contribution in [0.4, 0.5) is 5.69 Å². The maximum atomic E-state index is 12.5. The summed E-state index contributed by atoms with van der Waals surface area (Å²) >= 11 is 0. The molecule has 0 bridgehead atoms. The molecule has 1 aliphatic rings. The number of carbonyl (C=O) groups is 1. The highest BCUT2D eigenvalue weighted by atomic mass is 16.1. The number of rotatable bonds is 3. The number of fused-ring (bicyclic) bond motifs is 1. The number of hydrogen-bond acceptors (Lipinski definition) is 1. The SMILES string of the molecule is CCCc1ccc2c(c1)CC[C@@H](c1ccccc1)C(=O)N2. The van der Waals surface area contributed by atoms with Gasteiger partial charge in [-0.3, -0.25) is 4.79 Å². The normalized spacial score (nSPS) is 17.8. The smallest absolute Gasteiger partial charge is 0.231 e. The van der Waals surface area contributed by atoms with E-state index in [1.807, 2.05) is 30.3 Å². The van der Waals surface area contributed by atoms with Gasteiger partial charge in [-0.2, -0.15) is 0 Å². The lowest BCUT2D eigenvalue weighted by Gasteiger charge is -2.13. The third-order valence-corrected chi connectivity index (χ3v) is 4.19. The molecular formula is C19H21NO. The van der Waals surface area contributed by atoms with Crippen molar-refractivity contribution in [3.05, 3.63) is 65.2 Å². The molecule has 0 radical (unpaired) electrons. The zero-order chi connectivity index (χ0) is 14.7. The van der Waals surface area contributed by atoms with Crippen LogP contribution in [0.2, 0.25) is 0 Å². The molecular weight excluding hydrogens is 258 g/mol. The average molecular weight is 279 g/mol. The summed E-state index contributed by atoms with van der Waals surface area (Å²) in [6.07, 6.45) is 4.07. The van der Waals surface area contributed by atoms with E-state index in [1.54, 1.807) is 0 Å². The Hall–Kier alpha value is -2.09. The second kappa shape index (κ2) is 6.13. The molecule has 0 saturated carbocycles. The van der Waals surface area contributed by atoms with Crippen LogP contribution in [-0.4, -0.2) is 5.91 Å². The van der Waals surface area contributed by atoms with Gasteiger partial charge in [0.1, 0.15) is 0 Å². The summed E-state index contributed by atoms with van der Waals surface area (Å²) in [4.78, 5) is 12.5. The highest BCUT2D eigenvalue weighted by Gasteiger charge is 2.24. The fourth-order valence-corrected chi connectivity index (χ4v) is 3.07. The number of amides is 1. The standard InChI is InChI=1S/C19H21NO/c1-2-6-14-9-12-18-16(13-14)10-11-17(19(21)20-18)15-7-4-3-5-8-15/h3-5,7-9,12-13,17H,2,6,10-11H2,1H3,(H,20,21)/t17-/m0/s1. The lowest BCUT2D eigenvalue weighted by atomic mass is 9.92. The number of nitrogens with one attached hydrogen (secondary N) is 1. The highest BCUT2D eigenvalue weighted by Crippen LogP contribution is 2.30. The fraction of sp³-hybridized carbons (Fsp3) is 0.316. The van der Waals surface area contributed by atoms with Crippen LogP contribution >= 0.6 is 0 Å². The number of carbonyl (C=O) groups excluding carboxylic acids is 1. The molecule has 0 fully saturated rings. The molecule has 2 aromatic carbocycles. The van der Waals surface area contributed by atoms with Gasteiger partial charge < -0.3 is 5.32 Å². The van der Waals surface area contributed by atoms with E-state index in [9.17, 15) is 4.79 Å². The molecule has 1 atom stereocenters. The Morgan fingerprint density at radius 1 is 1.14 bits per heavy atom. The maximum Gasteiger partial charge on any atom is 0.231 e. The van der Waals surface area contributed by atoms with Crippen LogP contribution in [0.1, 0.15) is 42.4 Å². The van der Waals surface area contributed by atoms with E-state index >= 15 is 0 Å². The Kier molecular flexibility index (Phi) is 4.05. The minimum Gasteiger partial charge on any atom is -0.325 e. The first-order valence-electron chi connectivity index (χ1n) is 7.75. The summed E-state index contributed by atoms with van der Waals surface area (Å²) in [6, 6.07) is 16.5. The van der Waals surface area contributed by atoms with Crippen molar-refractivity contribution in [3.63, 3.8) is 0 Å². The van der Waals surface area contributed by atoms with Gasteiger partial charge >= 0.3 is 0 Å². The van der Waals surface area contributed by atoms with Gasteiger partial charge in [-0.05, 0) is 42.0 Å². The fourth-order valence-electron chi connectivity index (χ4n) is 3.07. The molecule has 0 aromatic heterocycles. The quantitative estimate of drug-likeness (QED) is 0.891. The monoisotopic (exact) mass is 279 g/mol. The van der Waals surface area contributed by atoms with Crippen molar-refractivity contribution in [1.29, 1.82) is 0 Å². The van der Waals surface area contributed by atoms with Gasteiger partial charge in [-0.25, -0.2) is 0 Å². The molecule has 3 rings (SSSR count). The van der Waals surface area contributed by atoms with Crippen molar-refractivity contribution in [2.75, 3.05) is 5.32 Å². The molecule has 2 nitrogen and oxygen atoms in total. The summed E-state index contributed by atoms with van der Waals surface area (Å²) in [5.41, 5.74) is 4.73. The molecule has 0 aliphatic carbocycles. The minimum atomic E-state index is -0.0479. The first-order chi connectivity index (χ1) is 10.3. The third-order valence-electron chi connectivity index (χ3n) is 4.19. The van der Waals surface area contributed by atoms with Crippen molar-refractivity contribution < 1.29 is 4.79 Å². The largest absolute Gasteiger partial charge is 0.325 e. The van der Waals surface area contributed by atoms with E-state index in [2.05, 4.69) is 30.4 Å². The number of hydrogen-bond donors (Lipinski definition) is 1. The zero-order valence-corrected chi connectivity index (χ0v) is 12.4. The van der Waals surface area contributed by atoms with Crippen molar-refractivity contribution in [2.24, 2.45) is 0 Å². The molecule has 108 valence electrons. The topological polar surface area (TPSA) is 29.1 Å². The van der Waals surface area contributed by atoms with E-state index in [1.165, 1.54) is 11.1 Å². The summed E-state index contributed by atoms with van der Waals surface area (Å²) < 4.78 is 0. The zero-order valence-electron chi connectivity index (χ0n) is 12.4. The van der Waals surface area contributed by atoms with Crippen molar-refractivity contribution >= 4 is 11.6 Å². The van der Waals surface area contributed by atoms with Gasteiger partial charge in [-0.1, -0.05) is 55.8 Å². The van der Waals surface area contributed by atoms with E-state index in [0.717, 1.165) is 36.9 Å². The van der Waals surface area contributed by atoms with Gasteiger partial charge in [0, 0.05) is 5.69 Å². The Morgan fingerprint density at radius 2 is 1.95 bits per heavy atom. The summed E-state index contributed by atoms with van der Waals surface area (Å²) in [7, 11) is 0. The molecule has 1 N–H and O–H groups in total. The Labute approximate surface area is 126 Å². The van der Waals surface area contributed by atoms with Gasteiger partial charge in [0.2, 0.25) is 5.91 Å². The van der Waals surface area contributed by atoms with E-state index in [4.69, 9.17) is 0 Å². The van der Waals surface area contributed by atoms with Crippen LogP contribution < -0.4 is 5.32 Å². The van der Waals surface area contributed by atoms with Crippen molar-refractivity contribution in [3.8, 4) is 0 Å². The molecule has 2 heteroatoms. The first kappa shape index (κ1) is 13.9. The van der Waals surface area contributed by atoms with E-state index < -0.39 is 0 Å². The van der Waals surface area contributed by atoms with Crippen LogP contribution in [0, 0.1) is 0 Å². The molecule has 1 aliphatic heterocycles. The number of anilines is 1. The van der Waals surface area contributed by atoms with Gasteiger partial charge in [0.25, 0.3) is 0 Å². The third kappa shape index (κ3) is 2.99. The number of benzene rings is 2. The molecule has 2 aromatic rings. The number of aryl methyl sites for hydroxylation is 2. The van der Waals surface area contributed by atoms with Gasteiger partial charge in [0.05, 0.1) is 5.92 Å². The van der Waals surface area contributed by atoms with Crippen LogP contribution in [0.15, 0.2) is 48.5 Å². The first-order valence-corrected chi connectivity index (χ1v) is 7.75. The molecule has 0 saturated heterocycles. The Bertz CT molecular complexity index is 633. The van der Waals surface area contributed by atoms with Gasteiger partial charge in [0.15, 0.2) is 0 Å². The summed E-state index contributed by atoms with van der Waals surface area (Å²) in [5.74, 6) is 0.0661. The van der Waals surface area contributed by atoms with Crippen LogP contribution in [-0.2, 0) is 17.6 Å². The predicted molar refractivity (Wildman–Crippen MR) is 86.6 cm³/mol. The van der Waals surface area contributed by atoms with Crippen molar-refractivity contribution in [2.45, 2.75) is 38.5 Å². The van der Waals surface area contributed by atoms with E-state index in [-0.39, 0.29) is 11.8 Å². The minimum absolute atomic E-state index is 0.0479. The molecule has 0 spiro atoms. The highest BCUT2D eigenvalue weighted by molar-refractivity contribution is 5.97. The lowest BCUT2D eigenvalue weighted by molar-refractivity contribution is -0.117. The maximum absolute atomic E-state index is 12.5. The predicted octanol–water partition coefficient (Wildman–Crippen LogP) is 4.31.